The summed E-state index contributed by atoms with van der Waals surface area (Å²) in [5.41, 5.74) is 0. The predicted octanol–water partition coefficient (Wildman–Crippen LogP) is 0.987. The molecule has 0 aromatic carbocycles. The highest BCUT2D eigenvalue weighted by Crippen LogP contribution is 2.02. The summed E-state index contributed by atoms with van der Waals surface area (Å²) in [7, 11) is 1.55. The van der Waals surface area contributed by atoms with E-state index in [4.69, 9.17) is 9.47 Å². The van der Waals surface area contributed by atoms with Gasteiger partial charge in [-0.15, -0.1) is 0 Å². The van der Waals surface area contributed by atoms with Gasteiger partial charge in [0.2, 0.25) is 6.20 Å². The maximum Gasteiger partial charge on any atom is 0.602 e. The summed E-state index contributed by atoms with van der Waals surface area (Å²) in [6.45, 7) is 2.13. The summed E-state index contributed by atoms with van der Waals surface area (Å²) in [6, 6.07) is 3.48. The van der Waals surface area contributed by atoms with Crippen LogP contribution in [-0.4, -0.2) is 19.8 Å². The SMILES string of the molecule is CCOC(=O)[n+]1cccc(OC)c1. The van der Waals surface area contributed by atoms with Crippen molar-refractivity contribution in [2.75, 3.05) is 13.7 Å². The molecule has 70 valence electrons. The monoisotopic (exact) mass is 182 g/mol. The van der Waals surface area contributed by atoms with Crippen LogP contribution in [0.2, 0.25) is 0 Å². The molecule has 0 unspecified atom stereocenters. The third kappa shape index (κ3) is 2.43. The van der Waals surface area contributed by atoms with E-state index < -0.39 is 6.09 Å². The fraction of sp³-hybridized carbons (Fsp3) is 0.333. The molecule has 1 aromatic rings. The fourth-order valence-corrected chi connectivity index (χ4v) is 0.886. The summed E-state index contributed by atoms with van der Waals surface area (Å²) >= 11 is 0. The molecule has 0 spiro atoms. The van der Waals surface area contributed by atoms with E-state index in [0.717, 1.165) is 0 Å². The Morgan fingerprint density at radius 2 is 2.38 bits per heavy atom. The first-order valence-electron chi connectivity index (χ1n) is 4.00. The summed E-state index contributed by atoms with van der Waals surface area (Å²) in [5, 5.41) is 0. The van der Waals surface area contributed by atoms with Crippen molar-refractivity contribution in [3.05, 3.63) is 24.5 Å². The number of pyridine rings is 1. The molecule has 13 heavy (non-hydrogen) atoms. The second-order valence-corrected chi connectivity index (χ2v) is 2.35. The van der Waals surface area contributed by atoms with Crippen molar-refractivity contribution < 1.29 is 18.8 Å². The average molecular weight is 182 g/mol. The summed E-state index contributed by atoms with van der Waals surface area (Å²) in [5.74, 6) is 0.621. The van der Waals surface area contributed by atoms with Crippen molar-refractivity contribution in [1.29, 1.82) is 0 Å². The van der Waals surface area contributed by atoms with Gasteiger partial charge in [-0.1, -0.05) is 4.57 Å². The highest BCUT2D eigenvalue weighted by molar-refractivity contribution is 5.56. The molecule has 0 aliphatic rings. The van der Waals surface area contributed by atoms with Crippen LogP contribution >= 0.6 is 0 Å². The highest BCUT2D eigenvalue weighted by Gasteiger charge is 2.15. The Labute approximate surface area is 76.7 Å². The van der Waals surface area contributed by atoms with Gasteiger partial charge in [-0.3, -0.25) is 0 Å². The van der Waals surface area contributed by atoms with Gasteiger partial charge in [-0.25, -0.2) is 0 Å². The first-order chi connectivity index (χ1) is 6.27. The lowest BCUT2D eigenvalue weighted by Gasteiger charge is -1.97. The normalized spacial score (nSPS) is 9.38. The molecular weight excluding hydrogens is 170 g/mol. The molecule has 0 N–H and O–H groups in total. The zero-order chi connectivity index (χ0) is 9.68. The molecule has 0 bridgehead atoms. The van der Waals surface area contributed by atoms with Gasteiger partial charge in [0.25, 0.3) is 0 Å². The largest absolute Gasteiger partial charge is 0.602 e. The van der Waals surface area contributed by atoms with Crippen LogP contribution in [0.3, 0.4) is 0 Å². The van der Waals surface area contributed by atoms with Crippen LogP contribution in [0.1, 0.15) is 6.92 Å². The zero-order valence-corrected chi connectivity index (χ0v) is 7.69. The second kappa shape index (κ2) is 4.45. The minimum Gasteiger partial charge on any atom is -0.491 e. The highest BCUT2D eigenvalue weighted by atomic mass is 16.5. The first kappa shape index (κ1) is 9.51. The fourth-order valence-electron chi connectivity index (χ4n) is 0.886. The maximum atomic E-state index is 11.2. The van der Waals surface area contributed by atoms with Crippen LogP contribution < -0.4 is 9.30 Å². The van der Waals surface area contributed by atoms with Gasteiger partial charge < -0.3 is 9.47 Å². The molecule has 0 aliphatic carbocycles. The topological polar surface area (TPSA) is 39.4 Å². The van der Waals surface area contributed by atoms with E-state index in [-0.39, 0.29) is 0 Å². The number of ether oxygens (including phenoxy) is 2. The van der Waals surface area contributed by atoms with Crippen LogP contribution in [-0.2, 0) is 4.74 Å². The Hall–Kier alpha value is -1.58. The Kier molecular flexibility index (Phi) is 3.25. The third-order valence-corrected chi connectivity index (χ3v) is 1.49. The number of aromatic nitrogens is 1. The van der Waals surface area contributed by atoms with Crippen molar-refractivity contribution >= 4 is 6.09 Å². The Morgan fingerprint density at radius 1 is 1.62 bits per heavy atom. The number of hydrogen-bond donors (Lipinski definition) is 0. The molecule has 0 radical (unpaired) electrons. The van der Waals surface area contributed by atoms with Gasteiger partial charge in [0.15, 0.2) is 11.9 Å². The van der Waals surface area contributed by atoms with Crippen molar-refractivity contribution in [1.82, 2.24) is 0 Å². The quantitative estimate of drug-likeness (QED) is 0.640. The first-order valence-corrected chi connectivity index (χ1v) is 4.00. The van der Waals surface area contributed by atoms with E-state index >= 15 is 0 Å². The number of methoxy groups -OCH3 is 1. The van der Waals surface area contributed by atoms with Crippen LogP contribution in [0, 0.1) is 0 Å². The summed E-state index contributed by atoms with van der Waals surface area (Å²) in [6.07, 6.45) is 2.78. The van der Waals surface area contributed by atoms with Crippen molar-refractivity contribution in [2.24, 2.45) is 0 Å². The van der Waals surface area contributed by atoms with Gasteiger partial charge in [-0.05, 0) is 13.0 Å². The van der Waals surface area contributed by atoms with Crippen molar-refractivity contribution in [3.8, 4) is 5.75 Å². The molecule has 1 heterocycles. The van der Waals surface area contributed by atoms with Crippen LogP contribution in [0.5, 0.6) is 5.75 Å². The van der Waals surface area contributed by atoms with E-state index in [0.29, 0.717) is 12.4 Å². The minimum atomic E-state index is -0.401. The molecule has 1 aromatic heterocycles. The number of nitrogens with zero attached hydrogens (tertiary/aromatic N) is 1. The lowest BCUT2D eigenvalue weighted by atomic mass is 10.4. The molecule has 0 atom stereocenters. The van der Waals surface area contributed by atoms with Crippen LogP contribution in [0.4, 0.5) is 4.79 Å². The van der Waals surface area contributed by atoms with Crippen molar-refractivity contribution in [3.63, 3.8) is 0 Å². The van der Waals surface area contributed by atoms with E-state index in [9.17, 15) is 4.79 Å². The number of carbonyl (C=O) groups excluding carboxylic acids is 1. The average Bonchev–Trinajstić information content (AvgIpc) is 2.18. The van der Waals surface area contributed by atoms with Crippen LogP contribution in [0.25, 0.3) is 0 Å². The Balaban J connectivity index is 2.82. The van der Waals surface area contributed by atoms with Gasteiger partial charge >= 0.3 is 6.09 Å². The molecule has 0 saturated carbocycles. The standard InChI is InChI=1S/C9H12NO3/c1-3-13-9(11)10-6-4-5-8(7-10)12-2/h4-7H,3H2,1-2H3/q+1. The lowest BCUT2D eigenvalue weighted by Crippen LogP contribution is -2.42. The van der Waals surface area contributed by atoms with Gasteiger partial charge in [0.05, 0.1) is 13.7 Å². The van der Waals surface area contributed by atoms with Gasteiger partial charge in [0.1, 0.15) is 0 Å². The number of rotatable bonds is 2. The van der Waals surface area contributed by atoms with E-state index in [2.05, 4.69) is 0 Å². The number of carbonyl (C=O) groups is 1. The molecule has 0 aliphatic heterocycles. The smallest absolute Gasteiger partial charge is 0.491 e. The van der Waals surface area contributed by atoms with E-state index in [1.54, 1.807) is 38.6 Å². The molecule has 0 amide bonds. The van der Waals surface area contributed by atoms with Gasteiger partial charge in [-0.2, -0.15) is 4.79 Å². The van der Waals surface area contributed by atoms with E-state index in [1.807, 2.05) is 0 Å². The van der Waals surface area contributed by atoms with E-state index in [1.165, 1.54) is 4.57 Å². The molecule has 1 rings (SSSR count). The molecule has 0 fully saturated rings. The molecular formula is C9H12NO3+. The summed E-state index contributed by atoms with van der Waals surface area (Å²) in [4.78, 5) is 11.2. The zero-order valence-electron chi connectivity index (χ0n) is 7.69. The molecule has 0 saturated heterocycles. The molecule has 4 nitrogen and oxygen atoms in total. The number of hydrogen-bond acceptors (Lipinski definition) is 3. The Bertz CT molecular complexity index is 299. The second-order valence-electron chi connectivity index (χ2n) is 2.35. The molecule has 4 heteroatoms. The predicted molar refractivity (Wildman–Crippen MR) is 45.6 cm³/mol. The van der Waals surface area contributed by atoms with Crippen LogP contribution in [0.15, 0.2) is 24.5 Å². The van der Waals surface area contributed by atoms with Crippen molar-refractivity contribution in [2.45, 2.75) is 6.92 Å². The Morgan fingerprint density at radius 3 is 3.00 bits per heavy atom. The minimum absolute atomic E-state index is 0.364. The summed E-state index contributed by atoms with van der Waals surface area (Å²) < 4.78 is 11.1. The third-order valence-electron chi connectivity index (χ3n) is 1.49. The lowest BCUT2D eigenvalue weighted by molar-refractivity contribution is -0.586. The maximum absolute atomic E-state index is 11.2. The van der Waals surface area contributed by atoms with Gasteiger partial charge in [0, 0.05) is 6.07 Å².